The van der Waals surface area contributed by atoms with Gasteiger partial charge in [0.05, 0.1) is 5.92 Å². The first-order valence-electron chi connectivity index (χ1n) is 6.34. The number of benzene rings is 1. The van der Waals surface area contributed by atoms with E-state index in [0.29, 0.717) is 5.91 Å². The Bertz CT molecular complexity index is 358. The van der Waals surface area contributed by atoms with Gasteiger partial charge in [-0.25, -0.2) is 0 Å². The Balaban J connectivity index is 1.98. The molecular weight excluding hydrogens is 212 g/mol. The third-order valence-corrected chi connectivity index (χ3v) is 3.32. The largest absolute Gasteiger partial charge is 0.338 e. The maximum Gasteiger partial charge on any atom is 0.227 e. The lowest BCUT2D eigenvalue weighted by molar-refractivity contribution is -0.135. The van der Waals surface area contributed by atoms with E-state index in [1.54, 1.807) is 0 Å². The predicted molar refractivity (Wildman–Crippen MR) is 68.5 cm³/mol. The van der Waals surface area contributed by atoms with E-state index >= 15 is 0 Å². The van der Waals surface area contributed by atoms with Crippen LogP contribution < -0.4 is 5.32 Å². The van der Waals surface area contributed by atoms with Gasteiger partial charge in [0.15, 0.2) is 0 Å². The van der Waals surface area contributed by atoms with Crippen LogP contribution in [0.25, 0.3) is 0 Å². The second kappa shape index (κ2) is 5.82. The second-order valence-corrected chi connectivity index (χ2v) is 4.53. The van der Waals surface area contributed by atoms with E-state index in [1.165, 1.54) is 5.56 Å². The van der Waals surface area contributed by atoms with Crippen LogP contribution in [0.3, 0.4) is 0 Å². The van der Waals surface area contributed by atoms with Gasteiger partial charge in [0.25, 0.3) is 0 Å². The van der Waals surface area contributed by atoms with Crippen molar-refractivity contribution in [1.29, 1.82) is 0 Å². The van der Waals surface area contributed by atoms with Gasteiger partial charge in [0, 0.05) is 19.6 Å². The van der Waals surface area contributed by atoms with Gasteiger partial charge >= 0.3 is 0 Å². The number of nitrogens with one attached hydrogen (secondary N) is 1. The van der Waals surface area contributed by atoms with Crippen molar-refractivity contribution in [1.82, 2.24) is 10.2 Å². The normalized spacial score (nSPS) is 19.2. The molecule has 17 heavy (non-hydrogen) atoms. The highest BCUT2D eigenvalue weighted by molar-refractivity contribution is 5.79. The van der Waals surface area contributed by atoms with E-state index in [9.17, 15) is 4.79 Å². The molecule has 0 aliphatic carbocycles. The first kappa shape index (κ1) is 12.1. The summed E-state index contributed by atoms with van der Waals surface area (Å²) in [5, 5.41) is 3.25. The number of amides is 1. The average Bonchev–Trinajstić information content (AvgIpc) is 2.90. The molecule has 1 fully saturated rings. The topological polar surface area (TPSA) is 32.3 Å². The molecule has 1 amide bonds. The number of rotatable bonds is 4. The summed E-state index contributed by atoms with van der Waals surface area (Å²) in [6.45, 7) is 5.36. The van der Waals surface area contributed by atoms with Crippen molar-refractivity contribution < 1.29 is 4.79 Å². The summed E-state index contributed by atoms with van der Waals surface area (Å²) in [7, 11) is 0. The first-order chi connectivity index (χ1) is 8.31. The van der Waals surface area contributed by atoms with Crippen molar-refractivity contribution in [3.63, 3.8) is 0 Å². The van der Waals surface area contributed by atoms with Gasteiger partial charge in [-0.3, -0.25) is 4.79 Å². The first-order valence-corrected chi connectivity index (χ1v) is 6.34. The molecule has 1 N–H and O–H groups in total. The minimum Gasteiger partial charge on any atom is -0.338 e. The Hall–Kier alpha value is -1.35. The molecular formula is C14H20N2O. The molecule has 92 valence electrons. The maximum absolute atomic E-state index is 12.3. The number of carbonyl (C=O) groups excluding carboxylic acids is 1. The fraction of sp³-hybridized carbons (Fsp3) is 0.500. The Morgan fingerprint density at radius 3 is 2.76 bits per heavy atom. The quantitative estimate of drug-likeness (QED) is 0.856. The van der Waals surface area contributed by atoms with Gasteiger partial charge in [-0.2, -0.15) is 0 Å². The summed E-state index contributed by atoms with van der Waals surface area (Å²) >= 11 is 0. The van der Waals surface area contributed by atoms with Crippen LogP contribution in [-0.2, 0) is 11.3 Å². The minimum atomic E-state index is 0.179. The molecule has 1 saturated heterocycles. The van der Waals surface area contributed by atoms with E-state index in [1.807, 2.05) is 30.0 Å². The number of nitrogens with zero attached hydrogens (tertiary/aromatic N) is 1. The Morgan fingerprint density at radius 1 is 1.41 bits per heavy atom. The van der Waals surface area contributed by atoms with Crippen LogP contribution in [0, 0.1) is 5.92 Å². The number of hydrogen-bond donors (Lipinski definition) is 1. The van der Waals surface area contributed by atoms with Crippen molar-refractivity contribution in [2.75, 3.05) is 19.6 Å². The Kier molecular flexibility index (Phi) is 4.15. The molecule has 1 heterocycles. The zero-order valence-corrected chi connectivity index (χ0v) is 10.4. The molecule has 1 aliphatic rings. The highest BCUT2D eigenvalue weighted by Gasteiger charge is 2.26. The molecule has 3 nitrogen and oxygen atoms in total. The van der Waals surface area contributed by atoms with E-state index in [4.69, 9.17) is 0 Å². The third kappa shape index (κ3) is 3.07. The van der Waals surface area contributed by atoms with Crippen molar-refractivity contribution in [2.45, 2.75) is 19.9 Å². The molecule has 0 aromatic heterocycles. The molecule has 1 atom stereocenters. The zero-order valence-electron chi connectivity index (χ0n) is 10.4. The molecule has 0 saturated carbocycles. The Morgan fingerprint density at radius 2 is 2.18 bits per heavy atom. The summed E-state index contributed by atoms with van der Waals surface area (Å²) < 4.78 is 0. The molecule has 0 radical (unpaired) electrons. The van der Waals surface area contributed by atoms with Crippen LogP contribution in [0.4, 0.5) is 0 Å². The van der Waals surface area contributed by atoms with Crippen LogP contribution in [0.15, 0.2) is 30.3 Å². The number of hydrogen-bond acceptors (Lipinski definition) is 2. The molecule has 1 aromatic carbocycles. The number of carbonyl (C=O) groups is 1. The van der Waals surface area contributed by atoms with E-state index in [2.05, 4.69) is 17.4 Å². The van der Waals surface area contributed by atoms with Gasteiger partial charge in [-0.05, 0) is 25.5 Å². The molecule has 1 aromatic rings. The van der Waals surface area contributed by atoms with Gasteiger partial charge in [-0.15, -0.1) is 0 Å². The van der Waals surface area contributed by atoms with Crippen LogP contribution >= 0.6 is 0 Å². The fourth-order valence-corrected chi connectivity index (χ4v) is 2.27. The average molecular weight is 232 g/mol. The second-order valence-electron chi connectivity index (χ2n) is 4.53. The molecule has 0 spiro atoms. The lowest BCUT2D eigenvalue weighted by Crippen LogP contribution is -2.36. The van der Waals surface area contributed by atoms with Crippen molar-refractivity contribution in [3.05, 3.63) is 35.9 Å². The van der Waals surface area contributed by atoms with Crippen LogP contribution in [0.1, 0.15) is 18.9 Å². The monoisotopic (exact) mass is 232 g/mol. The van der Waals surface area contributed by atoms with E-state index in [0.717, 1.165) is 32.6 Å². The standard InChI is InChI=1S/C14H20N2O/c1-2-16(11-12-6-4-3-5-7-12)14(17)13-8-9-15-10-13/h3-7,13,15H,2,8-11H2,1H3/t13-/m1/s1. The summed E-state index contributed by atoms with van der Waals surface area (Å²) in [6.07, 6.45) is 0.976. The van der Waals surface area contributed by atoms with Gasteiger partial charge in [0.1, 0.15) is 0 Å². The molecule has 0 bridgehead atoms. The highest BCUT2D eigenvalue weighted by atomic mass is 16.2. The predicted octanol–water partition coefficient (Wildman–Crippen LogP) is 1.64. The summed E-state index contributed by atoms with van der Waals surface area (Å²) in [5.41, 5.74) is 1.20. The fourth-order valence-electron chi connectivity index (χ4n) is 2.27. The van der Waals surface area contributed by atoms with Gasteiger partial charge in [0.2, 0.25) is 5.91 Å². The third-order valence-electron chi connectivity index (χ3n) is 3.32. The van der Waals surface area contributed by atoms with E-state index in [-0.39, 0.29) is 5.92 Å². The van der Waals surface area contributed by atoms with Crippen molar-refractivity contribution >= 4 is 5.91 Å². The van der Waals surface area contributed by atoms with Gasteiger partial charge < -0.3 is 10.2 Å². The van der Waals surface area contributed by atoms with Crippen LogP contribution in [-0.4, -0.2) is 30.4 Å². The molecule has 0 unspecified atom stereocenters. The maximum atomic E-state index is 12.3. The molecule has 2 rings (SSSR count). The van der Waals surface area contributed by atoms with Crippen molar-refractivity contribution in [3.8, 4) is 0 Å². The Labute approximate surface area is 103 Å². The smallest absolute Gasteiger partial charge is 0.227 e. The lowest BCUT2D eigenvalue weighted by atomic mass is 10.1. The molecule has 3 heteroatoms. The van der Waals surface area contributed by atoms with E-state index < -0.39 is 0 Å². The summed E-state index contributed by atoms with van der Waals surface area (Å²) in [5.74, 6) is 0.472. The minimum absolute atomic E-state index is 0.179. The van der Waals surface area contributed by atoms with Crippen LogP contribution in [0.2, 0.25) is 0 Å². The van der Waals surface area contributed by atoms with Gasteiger partial charge in [-0.1, -0.05) is 30.3 Å². The lowest BCUT2D eigenvalue weighted by Gasteiger charge is -2.24. The van der Waals surface area contributed by atoms with Crippen molar-refractivity contribution in [2.24, 2.45) is 5.92 Å². The zero-order chi connectivity index (χ0) is 12.1. The SMILES string of the molecule is CCN(Cc1ccccc1)C(=O)[C@@H]1CCNC1. The summed E-state index contributed by atoms with van der Waals surface area (Å²) in [6, 6.07) is 10.2. The molecule has 1 aliphatic heterocycles. The van der Waals surface area contributed by atoms with Crippen LogP contribution in [0.5, 0.6) is 0 Å². The summed E-state index contributed by atoms with van der Waals surface area (Å²) in [4.78, 5) is 14.2. The highest BCUT2D eigenvalue weighted by Crippen LogP contribution is 2.14.